The molecule has 7 N–H and O–H groups in total. The molecule has 11 nitrogen and oxygen atoms in total. The van der Waals surface area contributed by atoms with Crippen LogP contribution in [0.25, 0.3) is 0 Å². The molecule has 0 spiro atoms. The summed E-state index contributed by atoms with van der Waals surface area (Å²) < 4.78 is 66.4. The molecule has 3 aromatic carbocycles. The van der Waals surface area contributed by atoms with Gasteiger partial charge in [-0.15, -0.1) is 0 Å². The second-order valence-corrected chi connectivity index (χ2v) is 10.3. The largest absolute Gasteiger partial charge is 0.398 e. The van der Waals surface area contributed by atoms with Crippen LogP contribution in [-0.2, 0) is 26.7 Å². The molecular formula is C21H17N3O8S2. The average Bonchev–Trinajstić information content (AvgIpc) is 2.85. The van der Waals surface area contributed by atoms with Crippen LogP contribution in [0.15, 0.2) is 58.3 Å². The first-order chi connectivity index (χ1) is 15.8. The number of carbonyl (C=O) groups is 2. The molecule has 0 saturated heterocycles. The molecule has 0 atom stereocenters. The normalized spacial score (nSPS) is 13.7. The summed E-state index contributed by atoms with van der Waals surface area (Å²) in [6.07, 6.45) is -0.351. The van der Waals surface area contributed by atoms with Gasteiger partial charge in [0, 0.05) is 28.9 Å². The number of nitrogen functional groups attached to an aromatic ring is 2. The van der Waals surface area contributed by atoms with Crippen LogP contribution in [0.3, 0.4) is 0 Å². The predicted octanol–water partition coefficient (Wildman–Crippen LogP) is 2.06. The number of ketones is 2. The van der Waals surface area contributed by atoms with Gasteiger partial charge in [0.2, 0.25) is 0 Å². The molecule has 1 aliphatic rings. The van der Waals surface area contributed by atoms with Crippen molar-refractivity contribution in [1.29, 1.82) is 0 Å². The molecule has 1 aliphatic carbocycles. The number of nitrogens with one attached hydrogen (secondary N) is 1. The van der Waals surface area contributed by atoms with E-state index in [4.69, 9.17) is 11.5 Å². The van der Waals surface area contributed by atoms with Gasteiger partial charge < -0.3 is 16.8 Å². The number of Topliss-reactive ketones (excluding diaryl/α,β-unsaturated/α-hetero) is 1. The predicted molar refractivity (Wildman–Crippen MR) is 123 cm³/mol. The van der Waals surface area contributed by atoms with E-state index < -0.39 is 47.3 Å². The van der Waals surface area contributed by atoms with Crippen LogP contribution in [0.5, 0.6) is 0 Å². The molecule has 34 heavy (non-hydrogen) atoms. The molecule has 4 rings (SSSR count). The monoisotopic (exact) mass is 503 g/mol. The Bertz CT molecular complexity index is 1610. The number of benzene rings is 3. The maximum atomic E-state index is 13.3. The smallest absolute Gasteiger partial charge is 0.296 e. The van der Waals surface area contributed by atoms with Gasteiger partial charge in [-0.05, 0) is 29.8 Å². The minimum absolute atomic E-state index is 0.0116. The van der Waals surface area contributed by atoms with Gasteiger partial charge >= 0.3 is 0 Å². The van der Waals surface area contributed by atoms with Gasteiger partial charge in [-0.2, -0.15) is 16.8 Å². The molecule has 0 heterocycles. The quantitative estimate of drug-likeness (QED) is 0.257. The van der Waals surface area contributed by atoms with Crippen molar-refractivity contribution >= 4 is 54.6 Å². The Hall–Kier alpha value is -3.78. The third kappa shape index (κ3) is 4.01. The van der Waals surface area contributed by atoms with Crippen LogP contribution in [0.4, 0.5) is 22.7 Å². The molecule has 0 aromatic heterocycles. The van der Waals surface area contributed by atoms with E-state index in [9.17, 15) is 35.5 Å². The summed E-state index contributed by atoms with van der Waals surface area (Å²) in [6.45, 7) is 0. The number of rotatable bonds is 4. The average molecular weight is 504 g/mol. The number of nitrogens with two attached hydrogens (primary N) is 2. The van der Waals surface area contributed by atoms with Gasteiger partial charge in [-0.3, -0.25) is 18.7 Å². The number of anilines is 4. The van der Waals surface area contributed by atoms with Crippen molar-refractivity contribution < 1.29 is 35.5 Å². The van der Waals surface area contributed by atoms with Crippen LogP contribution >= 0.6 is 0 Å². The van der Waals surface area contributed by atoms with Gasteiger partial charge in [0.15, 0.2) is 11.6 Å². The zero-order valence-corrected chi connectivity index (χ0v) is 18.8. The summed E-state index contributed by atoms with van der Waals surface area (Å²) in [7, 11) is -9.60. The van der Waals surface area contributed by atoms with E-state index >= 15 is 0 Å². The fraction of sp³-hybridized carbons (Fsp3) is 0.0476. The molecule has 0 fully saturated rings. The third-order valence-corrected chi connectivity index (χ3v) is 7.12. The fourth-order valence-corrected chi connectivity index (χ4v) is 5.08. The van der Waals surface area contributed by atoms with Crippen molar-refractivity contribution in [3.8, 4) is 0 Å². The molecule has 0 radical (unpaired) electrons. The van der Waals surface area contributed by atoms with Crippen molar-refractivity contribution in [3.05, 3.63) is 70.8 Å². The standard InChI is InChI=1S/C21H17N3O8S2/c22-14-6-5-10(7-17(14)33(27,28)29)24-15-9-18(34(30,31)32)20(23)19-13(15)8-16(25)11-3-1-2-4-12(11)21(19)26/h1-7,9,24H,8,22-23H2,(H,27,28,29)(H,30,31,32). The third-order valence-electron chi connectivity index (χ3n) is 5.32. The van der Waals surface area contributed by atoms with Gasteiger partial charge in [0.05, 0.1) is 16.9 Å². The van der Waals surface area contributed by atoms with E-state index in [1.807, 2.05) is 0 Å². The topological polar surface area (TPSA) is 207 Å². The Balaban J connectivity index is 1.99. The highest BCUT2D eigenvalue weighted by molar-refractivity contribution is 7.86. The Morgan fingerprint density at radius 3 is 2.06 bits per heavy atom. The molecule has 176 valence electrons. The lowest BCUT2D eigenvalue weighted by molar-refractivity contribution is 0.0985. The molecule has 0 bridgehead atoms. The van der Waals surface area contributed by atoms with Gasteiger partial charge in [-0.1, -0.05) is 24.3 Å². The fourth-order valence-electron chi connectivity index (χ4n) is 3.79. The number of hydrogen-bond acceptors (Lipinski definition) is 9. The second-order valence-electron chi connectivity index (χ2n) is 7.49. The Morgan fingerprint density at radius 2 is 1.44 bits per heavy atom. The zero-order valence-electron chi connectivity index (χ0n) is 17.1. The maximum Gasteiger partial charge on any atom is 0.296 e. The molecule has 3 aromatic rings. The molecule has 0 amide bonds. The SMILES string of the molecule is Nc1ccc(Nc2cc(S(=O)(=O)O)c(N)c3c2CC(=O)c2ccccc2C3=O)cc1S(=O)(=O)O. The first-order valence-corrected chi connectivity index (χ1v) is 12.4. The summed E-state index contributed by atoms with van der Waals surface area (Å²) in [6, 6.07) is 10.4. The van der Waals surface area contributed by atoms with E-state index in [1.165, 1.54) is 30.3 Å². The summed E-state index contributed by atoms with van der Waals surface area (Å²) >= 11 is 0. The van der Waals surface area contributed by atoms with Crippen molar-refractivity contribution in [2.75, 3.05) is 16.8 Å². The molecule has 0 unspecified atom stereocenters. The first-order valence-electron chi connectivity index (χ1n) is 9.53. The molecular weight excluding hydrogens is 486 g/mol. The number of hydrogen-bond donors (Lipinski definition) is 5. The van der Waals surface area contributed by atoms with Crippen LogP contribution in [0, 0.1) is 0 Å². The van der Waals surface area contributed by atoms with E-state index in [-0.39, 0.29) is 45.7 Å². The van der Waals surface area contributed by atoms with E-state index in [2.05, 4.69) is 5.32 Å². The highest BCUT2D eigenvalue weighted by Gasteiger charge is 2.33. The summed E-state index contributed by atoms with van der Waals surface area (Å²) in [4.78, 5) is 24.9. The summed E-state index contributed by atoms with van der Waals surface area (Å²) in [5.41, 5.74) is 10.6. The lowest BCUT2D eigenvalue weighted by atomic mass is 9.96. The van der Waals surface area contributed by atoms with E-state index in [0.29, 0.717) is 0 Å². The van der Waals surface area contributed by atoms with Crippen LogP contribution in [0.2, 0.25) is 0 Å². The minimum atomic E-state index is -4.90. The molecule has 0 saturated carbocycles. The Labute approximate surface area is 193 Å². The van der Waals surface area contributed by atoms with Crippen molar-refractivity contribution in [2.24, 2.45) is 0 Å². The van der Waals surface area contributed by atoms with Crippen molar-refractivity contribution in [1.82, 2.24) is 0 Å². The summed E-state index contributed by atoms with van der Waals surface area (Å²) in [5, 5.41) is 2.74. The summed E-state index contributed by atoms with van der Waals surface area (Å²) in [5.74, 6) is -1.17. The lowest BCUT2D eigenvalue weighted by Crippen LogP contribution is -2.15. The minimum Gasteiger partial charge on any atom is -0.398 e. The molecule has 0 aliphatic heterocycles. The van der Waals surface area contributed by atoms with Crippen LogP contribution < -0.4 is 16.8 Å². The first kappa shape index (κ1) is 23.4. The van der Waals surface area contributed by atoms with Gasteiger partial charge in [0.25, 0.3) is 20.2 Å². The van der Waals surface area contributed by atoms with Gasteiger partial charge in [0.1, 0.15) is 9.79 Å². The van der Waals surface area contributed by atoms with E-state index in [1.54, 1.807) is 6.07 Å². The van der Waals surface area contributed by atoms with Crippen molar-refractivity contribution in [2.45, 2.75) is 16.2 Å². The second kappa shape index (κ2) is 7.92. The lowest BCUT2D eigenvalue weighted by Gasteiger charge is -2.18. The highest BCUT2D eigenvalue weighted by atomic mass is 32.2. The van der Waals surface area contributed by atoms with Crippen LogP contribution in [-0.4, -0.2) is 37.5 Å². The molecule has 13 heteroatoms. The Kier molecular flexibility index (Phi) is 5.44. The number of carbonyl (C=O) groups excluding carboxylic acids is 2. The Morgan fingerprint density at radius 1 is 0.824 bits per heavy atom. The van der Waals surface area contributed by atoms with Crippen LogP contribution in [0.1, 0.15) is 31.8 Å². The zero-order chi connectivity index (χ0) is 25.0. The highest BCUT2D eigenvalue weighted by Crippen LogP contribution is 2.38. The maximum absolute atomic E-state index is 13.3. The van der Waals surface area contributed by atoms with Gasteiger partial charge in [-0.25, -0.2) is 0 Å². The number of fused-ring (bicyclic) bond motifs is 2. The van der Waals surface area contributed by atoms with Crippen molar-refractivity contribution in [3.63, 3.8) is 0 Å². The van der Waals surface area contributed by atoms with E-state index in [0.717, 1.165) is 12.1 Å².